The Bertz CT molecular complexity index is 1000. The lowest BCUT2D eigenvalue weighted by molar-refractivity contribution is -0.135. The minimum absolute atomic E-state index is 0.0254. The maximum Gasteiger partial charge on any atom is 0.228 e. The molecule has 3 aliphatic heterocycles. The van der Waals surface area contributed by atoms with Crippen molar-refractivity contribution in [3.63, 3.8) is 0 Å². The predicted octanol–water partition coefficient (Wildman–Crippen LogP) is 3.13. The van der Waals surface area contributed by atoms with E-state index in [1.807, 2.05) is 41.3 Å². The van der Waals surface area contributed by atoms with E-state index in [1.54, 1.807) is 4.90 Å². The van der Waals surface area contributed by atoms with E-state index in [2.05, 4.69) is 18.2 Å². The van der Waals surface area contributed by atoms with Gasteiger partial charge in [-0.15, -0.1) is 0 Å². The predicted molar refractivity (Wildman–Crippen MR) is 114 cm³/mol. The number of benzene rings is 2. The molecule has 1 fully saturated rings. The maximum absolute atomic E-state index is 13.1. The van der Waals surface area contributed by atoms with Crippen molar-refractivity contribution in [3.05, 3.63) is 60.2 Å². The van der Waals surface area contributed by atoms with E-state index in [-0.39, 0.29) is 24.2 Å². The van der Waals surface area contributed by atoms with Gasteiger partial charge in [0.25, 0.3) is 0 Å². The van der Waals surface area contributed by atoms with Crippen LogP contribution in [-0.2, 0) is 9.59 Å². The molecule has 0 radical (unpaired) electrons. The van der Waals surface area contributed by atoms with Gasteiger partial charge in [-0.05, 0) is 29.7 Å². The van der Waals surface area contributed by atoms with Crippen LogP contribution in [0.1, 0.15) is 18.4 Å². The number of fused-ring (bicyclic) bond motifs is 1. The fourth-order valence-electron chi connectivity index (χ4n) is 4.36. The summed E-state index contributed by atoms with van der Waals surface area (Å²) in [5.41, 5.74) is 3.25. The summed E-state index contributed by atoms with van der Waals surface area (Å²) in [5, 5.41) is 0. The van der Waals surface area contributed by atoms with Crippen LogP contribution in [0.2, 0.25) is 0 Å². The molecule has 0 N–H and O–H groups in total. The molecular weight excluding hydrogens is 380 g/mol. The lowest BCUT2D eigenvalue weighted by atomic mass is 9.98. The van der Waals surface area contributed by atoms with E-state index in [1.165, 1.54) is 11.1 Å². The molecule has 3 aliphatic rings. The van der Waals surface area contributed by atoms with Crippen molar-refractivity contribution in [1.29, 1.82) is 0 Å². The summed E-state index contributed by atoms with van der Waals surface area (Å²) in [6.45, 7) is 2.72. The van der Waals surface area contributed by atoms with Gasteiger partial charge in [0.05, 0.1) is 5.92 Å². The lowest BCUT2D eigenvalue weighted by Crippen LogP contribution is -2.39. The van der Waals surface area contributed by atoms with E-state index in [9.17, 15) is 9.59 Å². The van der Waals surface area contributed by atoms with Gasteiger partial charge in [0, 0.05) is 37.8 Å². The van der Waals surface area contributed by atoms with E-state index in [4.69, 9.17) is 9.47 Å². The molecule has 30 heavy (non-hydrogen) atoms. The molecule has 2 aromatic rings. The highest BCUT2D eigenvalue weighted by Crippen LogP contribution is 2.36. The van der Waals surface area contributed by atoms with E-state index in [0.29, 0.717) is 44.3 Å². The van der Waals surface area contributed by atoms with Gasteiger partial charge < -0.3 is 19.3 Å². The van der Waals surface area contributed by atoms with Crippen molar-refractivity contribution in [2.75, 3.05) is 37.7 Å². The molecule has 0 aromatic heterocycles. The topological polar surface area (TPSA) is 59.1 Å². The molecule has 2 aromatic carbocycles. The highest BCUT2D eigenvalue weighted by molar-refractivity contribution is 6.00. The van der Waals surface area contributed by atoms with Crippen molar-refractivity contribution >= 4 is 23.1 Å². The first-order valence-corrected chi connectivity index (χ1v) is 10.4. The van der Waals surface area contributed by atoms with Crippen LogP contribution in [0, 0.1) is 5.92 Å². The summed E-state index contributed by atoms with van der Waals surface area (Å²) >= 11 is 0. The first-order chi connectivity index (χ1) is 14.7. The molecule has 6 heteroatoms. The Morgan fingerprint density at radius 3 is 2.57 bits per heavy atom. The molecule has 0 saturated carbocycles. The largest absolute Gasteiger partial charge is 0.486 e. The Labute approximate surface area is 175 Å². The lowest BCUT2D eigenvalue weighted by Gasteiger charge is -2.29. The molecule has 5 rings (SSSR count). The van der Waals surface area contributed by atoms with Crippen LogP contribution >= 0.6 is 0 Å². The maximum atomic E-state index is 13.1. The number of nitrogens with zero attached hydrogens (tertiary/aromatic N) is 2. The van der Waals surface area contributed by atoms with Crippen molar-refractivity contribution in [2.24, 2.45) is 5.92 Å². The molecule has 0 aliphatic carbocycles. The second-order valence-electron chi connectivity index (χ2n) is 7.86. The molecule has 3 heterocycles. The van der Waals surface area contributed by atoms with Crippen LogP contribution in [0.15, 0.2) is 54.6 Å². The summed E-state index contributed by atoms with van der Waals surface area (Å²) in [5.74, 6) is 1.07. The van der Waals surface area contributed by atoms with Gasteiger partial charge in [-0.1, -0.05) is 36.4 Å². The summed E-state index contributed by atoms with van der Waals surface area (Å²) in [6.07, 6.45) is 3.22. The van der Waals surface area contributed by atoms with E-state index >= 15 is 0 Å². The molecule has 1 saturated heterocycles. The average Bonchev–Trinajstić information content (AvgIpc) is 3.20. The van der Waals surface area contributed by atoms with Crippen molar-refractivity contribution in [2.45, 2.75) is 12.8 Å². The third kappa shape index (κ3) is 3.54. The highest BCUT2D eigenvalue weighted by atomic mass is 16.6. The van der Waals surface area contributed by atoms with Crippen molar-refractivity contribution in [3.8, 4) is 11.5 Å². The zero-order valence-corrected chi connectivity index (χ0v) is 16.8. The van der Waals surface area contributed by atoms with Crippen LogP contribution in [-0.4, -0.2) is 49.6 Å². The van der Waals surface area contributed by atoms with Gasteiger partial charge in [0.2, 0.25) is 11.8 Å². The standard InChI is InChI=1S/C24H24N2O4/c27-23-14-19(16-26(23)20-6-7-21-22(15-20)30-13-12-29-21)24(28)25-10-8-18(9-11-25)17-4-2-1-3-5-17/h1-8,15,19H,9-14,16H2. The van der Waals surface area contributed by atoms with Crippen molar-refractivity contribution in [1.82, 2.24) is 4.90 Å². The zero-order valence-electron chi connectivity index (χ0n) is 16.8. The summed E-state index contributed by atoms with van der Waals surface area (Å²) in [6, 6.07) is 15.8. The number of rotatable bonds is 3. The second kappa shape index (κ2) is 7.86. The van der Waals surface area contributed by atoms with Gasteiger partial charge in [-0.25, -0.2) is 0 Å². The summed E-state index contributed by atoms with van der Waals surface area (Å²) in [7, 11) is 0. The van der Waals surface area contributed by atoms with Gasteiger partial charge >= 0.3 is 0 Å². The second-order valence-corrected chi connectivity index (χ2v) is 7.86. The monoisotopic (exact) mass is 404 g/mol. The highest BCUT2D eigenvalue weighted by Gasteiger charge is 2.37. The number of hydrogen-bond donors (Lipinski definition) is 0. The third-order valence-electron chi connectivity index (χ3n) is 5.98. The van der Waals surface area contributed by atoms with Gasteiger partial charge in [-0.3, -0.25) is 9.59 Å². The van der Waals surface area contributed by atoms with Crippen LogP contribution in [0.5, 0.6) is 11.5 Å². The molecule has 2 amide bonds. The van der Waals surface area contributed by atoms with E-state index in [0.717, 1.165) is 12.1 Å². The first-order valence-electron chi connectivity index (χ1n) is 10.4. The third-order valence-corrected chi connectivity index (χ3v) is 5.98. The Morgan fingerprint density at radius 2 is 1.80 bits per heavy atom. The molecule has 1 unspecified atom stereocenters. The van der Waals surface area contributed by atoms with Crippen LogP contribution in [0.4, 0.5) is 5.69 Å². The Hall–Kier alpha value is -3.28. The molecular formula is C24H24N2O4. The Kier molecular flexibility index (Phi) is 4.91. The minimum Gasteiger partial charge on any atom is -0.486 e. The molecule has 1 atom stereocenters. The number of amides is 2. The average molecular weight is 404 g/mol. The number of carbonyl (C=O) groups is 2. The van der Waals surface area contributed by atoms with E-state index < -0.39 is 0 Å². The Morgan fingerprint density at radius 1 is 1.00 bits per heavy atom. The first kappa shape index (κ1) is 18.7. The van der Waals surface area contributed by atoms with Crippen LogP contribution in [0.25, 0.3) is 5.57 Å². The molecule has 0 bridgehead atoms. The summed E-state index contributed by atoms with van der Waals surface area (Å²) in [4.78, 5) is 29.3. The summed E-state index contributed by atoms with van der Waals surface area (Å²) < 4.78 is 11.2. The number of carbonyl (C=O) groups excluding carboxylic acids is 2. The molecule has 0 spiro atoms. The smallest absolute Gasteiger partial charge is 0.228 e. The number of anilines is 1. The van der Waals surface area contributed by atoms with Crippen molar-refractivity contribution < 1.29 is 19.1 Å². The minimum atomic E-state index is -0.308. The number of ether oxygens (including phenoxy) is 2. The fourth-order valence-corrected chi connectivity index (χ4v) is 4.36. The van der Waals surface area contributed by atoms with Crippen LogP contribution < -0.4 is 14.4 Å². The normalized spacial score (nSPS) is 20.9. The van der Waals surface area contributed by atoms with Crippen LogP contribution in [0.3, 0.4) is 0 Å². The van der Waals surface area contributed by atoms with Gasteiger partial charge in [0.1, 0.15) is 13.2 Å². The quantitative estimate of drug-likeness (QED) is 0.789. The molecule has 6 nitrogen and oxygen atoms in total. The Balaban J connectivity index is 1.26. The SMILES string of the molecule is O=C(C1CC(=O)N(c2ccc3c(c2)OCCO3)C1)N1CC=C(c2ccccc2)CC1. The fraction of sp³-hybridized carbons (Fsp3) is 0.333. The molecule has 154 valence electrons. The zero-order chi connectivity index (χ0) is 20.5. The van der Waals surface area contributed by atoms with Gasteiger partial charge in [-0.2, -0.15) is 0 Å². The van der Waals surface area contributed by atoms with Gasteiger partial charge in [0.15, 0.2) is 11.5 Å². The number of hydrogen-bond acceptors (Lipinski definition) is 4.